The number of nitrogens with zero attached hydrogens (tertiary/aromatic N) is 6. The highest BCUT2D eigenvalue weighted by atomic mass is 32.2. The second-order valence-electron chi connectivity index (χ2n) is 7.38. The van der Waals surface area contributed by atoms with Crippen molar-refractivity contribution in [1.29, 1.82) is 0 Å². The van der Waals surface area contributed by atoms with Crippen molar-refractivity contribution in [2.75, 3.05) is 0 Å². The van der Waals surface area contributed by atoms with Crippen LogP contribution in [-0.2, 0) is 13.0 Å². The van der Waals surface area contributed by atoms with Crippen molar-refractivity contribution in [3.05, 3.63) is 82.2 Å². The first kappa shape index (κ1) is 21.1. The normalized spacial score (nSPS) is 12.3. The SMILES string of the molecule is CCc1noc(C(C)Sc2nnc(-c3nn(Cc4ccccc4)c(=O)c4ccccc34)o2)n1. The van der Waals surface area contributed by atoms with E-state index >= 15 is 0 Å². The molecule has 0 bridgehead atoms. The molecule has 5 aromatic rings. The van der Waals surface area contributed by atoms with Crippen LogP contribution in [0.2, 0.25) is 0 Å². The standard InChI is InChI=1S/C23H20N6O3S/c1-3-18-24-20(32-28-18)14(2)33-23-26-25-21(31-23)19-16-11-7-8-12-17(16)22(30)29(27-19)13-15-9-5-4-6-10-15/h4-12,14H,3,13H2,1-2H3. The maximum Gasteiger partial charge on any atom is 0.277 e. The number of aryl methyl sites for hydroxylation is 1. The number of rotatable bonds is 7. The van der Waals surface area contributed by atoms with Crippen LogP contribution in [0.3, 0.4) is 0 Å². The van der Waals surface area contributed by atoms with Gasteiger partial charge in [0.05, 0.1) is 17.2 Å². The summed E-state index contributed by atoms with van der Waals surface area (Å²) in [5.41, 5.74) is 1.25. The summed E-state index contributed by atoms with van der Waals surface area (Å²) >= 11 is 1.32. The van der Waals surface area contributed by atoms with Gasteiger partial charge in [0.15, 0.2) is 11.5 Å². The maximum atomic E-state index is 13.1. The van der Waals surface area contributed by atoms with E-state index in [1.807, 2.05) is 62.4 Å². The molecule has 0 saturated heterocycles. The van der Waals surface area contributed by atoms with E-state index in [0.717, 1.165) is 5.56 Å². The summed E-state index contributed by atoms with van der Waals surface area (Å²) in [7, 11) is 0. The summed E-state index contributed by atoms with van der Waals surface area (Å²) in [5.74, 6) is 1.39. The first-order chi connectivity index (χ1) is 16.1. The molecule has 2 aromatic carbocycles. The third-order valence-corrected chi connectivity index (χ3v) is 6.00. The van der Waals surface area contributed by atoms with Crippen LogP contribution >= 0.6 is 11.8 Å². The van der Waals surface area contributed by atoms with Crippen molar-refractivity contribution in [2.45, 2.75) is 37.3 Å². The predicted octanol–water partition coefficient (Wildman–Crippen LogP) is 4.29. The molecule has 0 fully saturated rings. The molecule has 9 nitrogen and oxygen atoms in total. The number of hydrogen-bond donors (Lipinski definition) is 0. The fraction of sp³-hybridized carbons (Fsp3) is 0.217. The monoisotopic (exact) mass is 460 g/mol. The highest BCUT2D eigenvalue weighted by Gasteiger charge is 2.21. The summed E-state index contributed by atoms with van der Waals surface area (Å²) in [4.78, 5) is 17.4. The van der Waals surface area contributed by atoms with E-state index < -0.39 is 0 Å². The van der Waals surface area contributed by atoms with Gasteiger partial charge in [0.2, 0.25) is 5.89 Å². The summed E-state index contributed by atoms with van der Waals surface area (Å²) in [6, 6.07) is 17.0. The Morgan fingerprint density at radius 2 is 1.79 bits per heavy atom. The number of aromatic nitrogens is 6. The molecule has 33 heavy (non-hydrogen) atoms. The molecule has 0 amide bonds. The highest BCUT2D eigenvalue weighted by molar-refractivity contribution is 7.99. The van der Waals surface area contributed by atoms with E-state index in [2.05, 4.69) is 25.4 Å². The summed E-state index contributed by atoms with van der Waals surface area (Å²) < 4.78 is 12.7. The molecule has 0 saturated carbocycles. The number of thioether (sulfide) groups is 1. The topological polar surface area (TPSA) is 113 Å². The zero-order chi connectivity index (χ0) is 22.8. The van der Waals surface area contributed by atoms with E-state index in [4.69, 9.17) is 8.94 Å². The highest BCUT2D eigenvalue weighted by Crippen LogP contribution is 2.35. The summed E-state index contributed by atoms with van der Waals surface area (Å²) in [5, 5.41) is 18.3. The van der Waals surface area contributed by atoms with Gasteiger partial charge in [-0.2, -0.15) is 10.1 Å². The second kappa shape index (κ2) is 8.99. The van der Waals surface area contributed by atoms with Crippen molar-refractivity contribution >= 4 is 22.5 Å². The minimum atomic E-state index is -0.177. The van der Waals surface area contributed by atoms with Crippen molar-refractivity contribution in [3.8, 4) is 11.6 Å². The lowest BCUT2D eigenvalue weighted by Gasteiger charge is -2.09. The fourth-order valence-electron chi connectivity index (χ4n) is 3.39. The molecule has 0 aliphatic rings. The molecule has 0 aliphatic heterocycles. The number of hydrogen-bond acceptors (Lipinski definition) is 9. The van der Waals surface area contributed by atoms with E-state index in [9.17, 15) is 4.79 Å². The van der Waals surface area contributed by atoms with Gasteiger partial charge in [0.25, 0.3) is 16.7 Å². The van der Waals surface area contributed by atoms with E-state index in [1.165, 1.54) is 16.4 Å². The molecule has 0 spiro atoms. The lowest BCUT2D eigenvalue weighted by atomic mass is 10.1. The van der Waals surface area contributed by atoms with Gasteiger partial charge in [-0.3, -0.25) is 4.79 Å². The quantitative estimate of drug-likeness (QED) is 0.328. The van der Waals surface area contributed by atoms with E-state index in [-0.39, 0.29) is 16.7 Å². The van der Waals surface area contributed by atoms with Gasteiger partial charge in [0.1, 0.15) is 0 Å². The fourth-order valence-corrected chi connectivity index (χ4v) is 4.10. The smallest absolute Gasteiger partial charge is 0.277 e. The molecule has 1 atom stereocenters. The molecule has 3 heterocycles. The van der Waals surface area contributed by atoms with Crippen LogP contribution in [0.5, 0.6) is 0 Å². The third-order valence-electron chi connectivity index (χ3n) is 5.08. The van der Waals surface area contributed by atoms with Gasteiger partial charge in [-0.15, -0.1) is 10.2 Å². The zero-order valence-corrected chi connectivity index (χ0v) is 18.8. The molecular weight excluding hydrogens is 440 g/mol. The Kier molecular flexibility index (Phi) is 5.74. The van der Waals surface area contributed by atoms with Gasteiger partial charge in [-0.05, 0) is 18.6 Å². The van der Waals surface area contributed by atoms with Crippen LogP contribution in [0.25, 0.3) is 22.4 Å². The van der Waals surface area contributed by atoms with Gasteiger partial charge in [-0.25, -0.2) is 4.68 Å². The Labute approximate surface area is 192 Å². The molecule has 3 aromatic heterocycles. The lowest BCUT2D eigenvalue weighted by molar-refractivity contribution is 0.374. The zero-order valence-electron chi connectivity index (χ0n) is 18.0. The average molecular weight is 461 g/mol. The van der Waals surface area contributed by atoms with Gasteiger partial charge < -0.3 is 8.94 Å². The second-order valence-corrected chi connectivity index (χ2v) is 8.67. The Bertz CT molecular complexity index is 1460. The molecule has 1 unspecified atom stereocenters. The predicted molar refractivity (Wildman–Crippen MR) is 123 cm³/mol. The van der Waals surface area contributed by atoms with E-state index in [1.54, 1.807) is 6.07 Å². The lowest BCUT2D eigenvalue weighted by Crippen LogP contribution is -2.24. The van der Waals surface area contributed by atoms with Crippen LogP contribution in [0.1, 0.15) is 36.4 Å². The van der Waals surface area contributed by atoms with Crippen molar-refractivity contribution < 1.29 is 8.94 Å². The Hall–Kier alpha value is -3.79. The Morgan fingerprint density at radius 1 is 1.03 bits per heavy atom. The minimum absolute atomic E-state index is 0.164. The average Bonchev–Trinajstić information content (AvgIpc) is 3.51. The van der Waals surface area contributed by atoms with Crippen LogP contribution in [0.15, 0.2) is 73.6 Å². The molecule has 5 rings (SSSR count). The molecule has 10 heteroatoms. The van der Waals surface area contributed by atoms with Crippen molar-refractivity contribution in [2.24, 2.45) is 0 Å². The van der Waals surface area contributed by atoms with Crippen LogP contribution in [-0.4, -0.2) is 30.1 Å². The summed E-state index contributed by atoms with van der Waals surface area (Å²) in [6.45, 7) is 4.22. The van der Waals surface area contributed by atoms with Gasteiger partial charge in [0, 0.05) is 11.8 Å². The van der Waals surface area contributed by atoms with E-state index in [0.29, 0.717) is 46.4 Å². The molecule has 0 N–H and O–H groups in total. The molecular formula is C23H20N6O3S. The minimum Gasteiger partial charge on any atom is -0.409 e. The Balaban J connectivity index is 1.50. The van der Waals surface area contributed by atoms with Crippen LogP contribution in [0, 0.1) is 0 Å². The first-order valence-electron chi connectivity index (χ1n) is 10.5. The van der Waals surface area contributed by atoms with Gasteiger partial charge in [-0.1, -0.05) is 72.4 Å². The molecule has 166 valence electrons. The third kappa shape index (κ3) is 4.29. The molecule has 0 radical (unpaired) electrons. The number of fused-ring (bicyclic) bond motifs is 1. The summed E-state index contributed by atoms with van der Waals surface area (Å²) in [6.07, 6.45) is 0.697. The number of benzene rings is 2. The van der Waals surface area contributed by atoms with Crippen molar-refractivity contribution in [3.63, 3.8) is 0 Å². The van der Waals surface area contributed by atoms with Crippen LogP contribution < -0.4 is 5.56 Å². The van der Waals surface area contributed by atoms with Gasteiger partial charge >= 0.3 is 0 Å². The Morgan fingerprint density at radius 3 is 2.55 bits per heavy atom. The largest absolute Gasteiger partial charge is 0.409 e. The van der Waals surface area contributed by atoms with Crippen molar-refractivity contribution in [1.82, 2.24) is 30.1 Å². The first-order valence-corrected chi connectivity index (χ1v) is 11.4. The maximum absolute atomic E-state index is 13.1. The molecule has 0 aliphatic carbocycles. The van der Waals surface area contributed by atoms with Crippen LogP contribution in [0.4, 0.5) is 0 Å².